The minimum atomic E-state index is 0.0524. The molecule has 0 aliphatic heterocycles. The molecule has 0 fully saturated rings. The third-order valence-corrected chi connectivity index (χ3v) is 3.02. The maximum atomic E-state index is 11.5. The highest BCUT2D eigenvalue weighted by Gasteiger charge is 2.08. The predicted octanol–water partition coefficient (Wildman–Crippen LogP) is 2.70. The number of thiophene rings is 1. The number of carbonyl (C=O) groups is 1. The highest BCUT2D eigenvalue weighted by atomic mass is 32.1. The number of hydrogen-bond acceptors (Lipinski definition) is 3. The van der Waals surface area contributed by atoms with Crippen molar-refractivity contribution >= 4 is 17.1 Å². The lowest BCUT2D eigenvalue weighted by molar-refractivity contribution is 0.0810. The molecule has 2 nitrogen and oxygen atoms in total. The van der Waals surface area contributed by atoms with Crippen molar-refractivity contribution in [3.63, 3.8) is 0 Å². The Labute approximate surface area is 88.2 Å². The first-order valence-electron chi connectivity index (χ1n) is 4.58. The number of aryl methyl sites for hydroxylation is 1. The fourth-order valence-electron chi connectivity index (χ4n) is 1.02. The van der Waals surface area contributed by atoms with Gasteiger partial charge in [0, 0.05) is 4.88 Å². The Hall–Kier alpha value is -0.930. The normalized spacial score (nSPS) is 10.1. The first-order valence-corrected chi connectivity index (χ1v) is 5.40. The summed E-state index contributed by atoms with van der Waals surface area (Å²) in [6, 6.07) is 3.86. The Bertz CT molecular complexity index is 315. The Kier molecular flexibility index (Phi) is 4.56. The Balaban J connectivity index is 2.47. The van der Waals surface area contributed by atoms with Crippen molar-refractivity contribution < 1.29 is 9.53 Å². The molecule has 3 heteroatoms. The smallest absolute Gasteiger partial charge is 0.198 e. The van der Waals surface area contributed by atoms with E-state index in [-0.39, 0.29) is 12.4 Å². The number of hydrogen-bond donors (Lipinski definition) is 0. The fraction of sp³-hybridized carbons (Fsp3) is 0.364. The van der Waals surface area contributed by atoms with Crippen LogP contribution in [0, 0.1) is 0 Å². The summed E-state index contributed by atoms with van der Waals surface area (Å²) in [5, 5.41) is 0. The first-order chi connectivity index (χ1) is 6.77. The lowest BCUT2D eigenvalue weighted by Gasteiger charge is -1.97. The third-order valence-electron chi connectivity index (χ3n) is 1.75. The molecule has 0 bridgehead atoms. The van der Waals surface area contributed by atoms with Gasteiger partial charge in [-0.3, -0.25) is 4.79 Å². The predicted molar refractivity (Wildman–Crippen MR) is 59.0 cm³/mol. The molecule has 76 valence electrons. The second kappa shape index (κ2) is 5.73. The maximum absolute atomic E-state index is 11.5. The van der Waals surface area contributed by atoms with Crippen LogP contribution in [0.25, 0.3) is 0 Å². The third kappa shape index (κ3) is 3.09. The van der Waals surface area contributed by atoms with Crippen molar-refractivity contribution in [3.05, 3.63) is 34.5 Å². The van der Waals surface area contributed by atoms with Gasteiger partial charge in [0.05, 0.1) is 11.5 Å². The van der Waals surface area contributed by atoms with Crippen LogP contribution in [0.1, 0.15) is 21.5 Å². The number of ether oxygens (including phenoxy) is 1. The number of Topliss-reactive ketones (excluding diaryl/α,β-unsaturated/α-hetero) is 1. The van der Waals surface area contributed by atoms with Gasteiger partial charge in [0.1, 0.15) is 6.61 Å². The summed E-state index contributed by atoms with van der Waals surface area (Å²) in [6.07, 6.45) is 2.62. The molecule has 1 heterocycles. The minimum Gasteiger partial charge on any atom is -0.369 e. The van der Waals surface area contributed by atoms with Crippen LogP contribution in [0.5, 0.6) is 0 Å². The van der Waals surface area contributed by atoms with Crippen molar-refractivity contribution in [2.75, 3.05) is 13.2 Å². The molecule has 0 saturated heterocycles. The SMILES string of the molecule is C=CCOCC(=O)c1ccc(CC)s1. The number of ketones is 1. The largest absolute Gasteiger partial charge is 0.369 e. The topological polar surface area (TPSA) is 26.3 Å². The van der Waals surface area contributed by atoms with Crippen LogP contribution < -0.4 is 0 Å². The van der Waals surface area contributed by atoms with Gasteiger partial charge >= 0.3 is 0 Å². The molecule has 0 saturated carbocycles. The van der Waals surface area contributed by atoms with Crippen molar-refractivity contribution in [2.24, 2.45) is 0 Å². The molecule has 1 rings (SSSR count). The van der Waals surface area contributed by atoms with Gasteiger partial charge in [-0.1, -0.05) is 13.0 Å². The van der Waals surface area contributed by atoms with E-state index >= 15 is 0 Å². The minimum absolute atomic E-state index is 0.0524. The molecule has 0 amide bonds. The van der Waals surface area contributed by atoms with Crippen LogP contribution in [0.15, 0.2) is 24.8 Å². The van der Waals surface area contributed by atoms with E-state index in [4.69, 9.17) is 4.74 Å². The zero-order valence-corrected chi connectivity index (χ0v) is 9.10. The van der Waals surface area contributed by atoms with Crippen molar-refractivity contribution in [1.82, 2.24) is 0 Å². The summed E-state index contributed by atoms with van der Waals surface area (Å²) in [6.45, 7) is 6.17. The quantitative estimate of drug-likeness (QED) is 0.410. The van der Waals surface area contributed by atoms with Gasteiger partial charge in [0.2, 0.25) is 0 Å². The van der Waals surface area contributed by atoms with Gasteiger partial charge in [-0.15, -0.1) is 17.9 Å². The van der Waals surface area contributed by atoms with Gasteiger partial charge in [0.15, 0.2) is 5.78 Å². The van der Waals surface area contributed by atoms with Crippen LogP contribution in [-0.4, -0.2) is 19.0 Å². The lowest BCUT2D eigenvalue weighted by Crippen LogP contribution is -2.07. The second-order valence-electron chi connectivity index (χ2n) is 2.85. The van der Waals surface area contributed by atoms with Gasteiger partial charge in [0.25, 0.3) is 0 Å². The van der Waals surface area contributed by atoms with Crippen molar-refractivity contribution in [1.29, 1.82) is 0 Å². The van der Waals surface area contributed by atoms with E-state index in [2.05, 4.69) is 13.5 Å². The molecule has 0 atom stereocenters. The fourth-order valence-corrected chi connectivity index (χ4v) is 1.90. The van der Waals surface area contributed by atoms with Crippen LogP contribution in [-0.2, 0) is 11.2 Å². The van der Waals surface area contributed by atoms with Crippen LogP contribution in [0.3, 0.4) is 0 Å². The number of rotatable bonds is 6. The van der Waals surface area contributed by atoms with E-state index in [9.17, 15) is 4.79 Å². The van der Waals surface area contributed by atoms with Crippen LogP contribution in [0.4, 0.5) is 0 Å². The molecule has 0 aliphatic rings. The van der Waals surface area contributed by atoms with Crippen LogP contribution in [0.2, 0.25) is 0 Å². The van der Waals surface area contributed by atoms with Crippen LogP contribution >= 0.6 is 11.3 Å². The zero-order valence-electron chi connectivity index (χ0n) is 8.29. The van der Waals surface area contributed by atoms with Crippen molar-refractivity contribution in [3.8, 4) is 0 Å². The molecule has 14 heavy (non-hydrogen) atoms. The summed E-state index contributed by atoms with van der Waals surface area (Å²) in [5.41, 5.74) is 0. The second-order valence-corrected chi connectivity index (χ2v) is 4.01. The van der Waals surface area contributed by atoms with Gasteiger partial charge < -0.3 is 4.74 Å². The molecule has 0 aliphatic carbocycles. The highest BCUT2D eigenvalue weighted by molar-refractivity contribution is 7.14. The van der Waals surface area contributed by atoms with E-state index in [0.29, 0.717) is 6.61 Å². The number of carbonyl (C=O) groups excluding carboxylic acids is 1. The van der Waals surface area contributed by atoms with E-state index in [1.807, 2.05) is 12.1 Å². The summed E-state index contributed by atoms with van der Waals surface area (Å²) in [4.78, 5) is 13.5. The van der Waals surface area contributed by atoms with Gasteiger partial charge in [-0.25, -0.2) is 0 Å². The summed E-state index contributed by atoms with van der Waals surface area (Å²) in [5.74, 6) is 0.0524. The molecule has 0 N–H and O–H groups in total. The van der Waals surface area contributed by atoms with Crippen molar-refractivity contribution in [2.45, 2.75) is 13.3 Å². The molecular formula is C11H14O2S. The first kappa shape index (κ1) is 11.1. The Morgan fingerprint density at radius 3 is 3.00 bits per heavy atom. The summed E-state index contributed by atoms with van der Waals surface area (Å²) < 4.78 is 5.08. The average Bonchev–Trinajstić information content (AvgIpc) is 2.66. The maximum Gasteiger partial charge on any atom is 0.198 e. The standard InChI is InChI=1S/C11H14O2S/c1-3-7-13-8-10(12)11-6-5-9(4-2)14-11/h3,5-6H,1,4,7-8H2,2H3. The molecule has 1 aromatic heterocycles. The monoisotopic (exact) mass is 210 g/mol. The lowest BCUT2D eigenvalue weighted by atomic mass is 10.3. The average molecular weight is 210 g/mol. The molecule has 1 aromatic rings. The highest BCUT2D eigenvalue weighted by Crippen LogP contribution is 2.17. The van der Waals surface area contributed by atoms with E-state index in [0.717, 1.165) is 11.3 Å². The molecule has 0 aromatic carbocycles. The molecule has 0 unspecified atom stereocenters. The van der Waals surface area contributed by atoms with E-state index in [1.54, 1.807) is 17.4 Å². The Morgan fingerprint density at radius 2 is 2.43 bits per heavy atom. The molecular weight excluding hydrogens is 196 g/mol. The molecule has 0 spiro atoms. The van der Waals surface area contributed by atoms with Gasteiger partial charge in [-0.05, 0) is 18.6 Å². The van der Waals surface area contributed by atoms with E-state index < -0.39 is 0 Å². The Morgan fingerprint density at radius 1 is 1.64 bits per heavy atom. The zero-order chi connectivity index (χ0) is 10.4. The van der Waals surface area contributed by atoms with Gasteiger partial charge in [-0.2, -0.15) is 0 Å². The van der Waals surface area contributed by atoms with E-state index in [1.165, 1.54) is 4.88 Å². The summed E-state index contributed by atoms with van der Waals surface area (Å²) in [7, 11) is 0. The molecule has 0 radical (unpaired) electrons. The summed E-state index contributed by atoms with van der Waals surface area (Å²) >= 11 is 1.54.